The number of ether oxygens (including phenoxy) is 3. The van der Waals surface area contributed by atoms with E-state index >= 15 is 0 Å². The number of likely N-dealkylation sites (tertiary alicyclic amines) is 1. The van der Waals surface area contributed by atoms with Crippen LogP contribution < -0.4 is 14.8 Å². The smallest absolute Gasteiger partial charge is 0.258 e. The monoisotopic (exact) mass is 416 g/mol. The number of carbonyl (C=O) groups is 3. The van der Waals surface area contributed by atoms with Gasteiger partial charge in [0, 0.05) is 52.1 Å². The summed E-state index contributed by atoms with van der Waals surface area (Å²) in [5.74, 6) is 0.828. The van der Waals surface area contributed by atoms with Crippen molar-refractivity contribution in [3.8, 4) is 11.5 Å². The fraction of sp³-hybridized carbons (Fsp3) is 0.591. The zero-order chi connectivity index (χ0) is 21.1. The second-order valence-electron chi connectivity index (χ2n) is 8.28. The van der Waals surface area contributed by atoms with Crippen molar-refractivity contribution in [2.45, 2.75) is 50.7 Å². The Morgan fingerprint density at radius 2 is 2.10 bits per heavy atom. The van der Waals surface area contributed by atoms with Crippen molar-refractivity contribution >= 4 is 17.6 Å². The number of carbonyl (C=O) groups excluding carboxylic acids is 3. The molecule has 2 amide bonds. The van der Waals surface area contributed by atoms with Crippen LogP contribution in [0.4, 0.5) is 0 Å². The third-order valence-corrected chi connectivity index (χ3v) is 6.10. The lowest BCUT2D eigenvalue weighted by atomic mass is 9.82. The maximum atomic E-state index is 12.7. The fourth-order valence-electron chi connectivity index (χ4n) is 4.31. The molecule has 0 bridgehead atoms. The second kappa shape index (κ2) is 8.63. The van der Waals surface area contributed by atoms with Crippen LogP contribution in [0.5, 0.6) is 11.5 Å². The maximum absolute atomic E-state index is 12.7. The average Bonchev–Trinajstić information content (AvgIpc) is 3.24. The number of benzene rings is 1. The van der Waals surface area contributed by atoms with E-state index in [1.807, 2.05) is 0 Å². The first-order valence-electron chi connectivity index (χ1n) is 10.6. The summed E-state index contributed by atoms with van der Waals surface area (Å²) in [6.45, 7) is 3.85. The highest BCUT2D eigenvalue weighted by molar-refractivity contribution is 6.00. The van der Waals surface area contributed by atoms with Crippen LogP contribution in [0, 0.1) is 0 Å². The molecule has 3 heterocycles. The SMILES string of the molecule is CC(=O)N1CCC2(CC1)CC(=O)c1ccc(OCC(=O)NCC3CCCO3)cc1O2. The molecular formula is C22H28N2O6. The van der Waals surface area contributed by atoms with Gasteiger partial charge in [-0.3, -0.25) is 14.4 Å². The van der Waals surface area contributed by atoms with Gasteiger partial charge in [0.1, 0.15) is 17.1 Å². The molecule has 1 unspecified atom stereocenters. The van der Waals surface area contributed by atoms with Crippen LogP contribution in [0.1, 0.15) is 49.4 Å². The maximum Gasteiger partial charge on any atom is 0.258 e. The minimum absolute atomic E-state index is 0.0355. The molecule has 3 aliphatic rings. The molecule has 8 heteroatoms. The number of hydrogen-bond acceptors (Lipinski definition) is 6. The lowest BCUT2D eigenvalue weighted by Gasteiger charge is -2.43. The van der Waals surface area contributed by atoms with Crippen LogP contribution in [-0.2, 0) is 14.3 Å². The number of piperidine rings is 1. The minimum atomic E-state index is -0.576. The molecule has 0 radical (unpaired) electrons. The first kappa shape index (κ1) is 20.7. The quantitative estimate of drug-likeness (QED) is 0.785. The van der Waals surface area contributed by atoms with Gasteiger partial charge in [-0.25, -0.2) is 0 Å². The van der Waals surface area contributed by atoms with Gasteiger partial charge < -0.3 is 24.4 Å². The van der Waals surface area contributed by atoms with E-state index in [1.165, 1.54) is 0 Å². The lowest BCUT2D eigenvalue weighted by Crippen LogP contribution is -2.51. The van der Waals surface area contributed by atoms with Gasteiger partial charge >= 0.3 is 0 Å². The zero-order valence-electron chi connectivity index (χ0n) is 17.3. The summed E-state index contributed by atoms with van der Waals surface area (Å²) in [6.07, 6.45) is 3.63. The molecule has 1 spiro atoms. The number of nitrogens with one attached hydrogen (secondary N) is 1. The largest absolute Gasteiger partial charge is 0.486 e. The van der Waals surface area contributed by atoms with Gasteiger partial charge in [-0.05, 0) is 25.0 Å². The Morgan fingerprint density at radius 1 is 1.30 bits per heavy atom. The Hall–Kier alpha value is -2.61. The van der Waals surface area contributed by atoms with E-state index in [1.54, 1.807) is 30.0 Å². The molecule has 30 heavy (non-hydrogen) atoms. The van der Waals surface area contributed by atoms with E-state index in [4.69, 9.17) is 14.2 Å². The van der Waals surface area contributed by atoms with E-state index < -0.39 is 5.60 Å². The molecule has 162 valence electrons. The van der Waals surface area contributed by atoms with Crippen molar-refractivity contribution in [1.29, 1.82) is 0 Å². The van der Waals surface area contributed by atoms with Gasteiger partial charge in [0.2, 0.25) is 5.91 Å². The van der Waals surface area contributed by atoms with Crippen LogP contribution in [0.25, 0.3) is 0 Å². The summed E-state index contributed by atoms with van der Waals surface area (Å²) < 4.78 is 17.4. The third-order valence-electron chi connectivity index (χ3n) is 6.10. The lowest BCUT2D eigenvalue weighted by molar-refractivity contribution is -0.132. The highest BCUT2D eigenvalue weighted by Crippen LogP contribution is 2.40. The molecule has 0 aliphatic carbocycles. The molecule has 8 nitrogen and oxygen atoms in total. The van der Waals surface area contributed by atoms with Gasteiger partial charge in [0.05, 0.1) is 18.1 Å². The molecular weight excluding hydrogens is 388 g/mol. The topological polar surface area (TPSA) is 94.2 Å². The van der Waals surface area contributed by atoms with Crippen molar-refractivity contribution in [1.82, 2.24) is 10.2 Å². The highest BCUT2D eigenvalue weighted by Gasteiger charge is 2.43. The Balaban J connectivity index is 1.35. The first-order chi connectivity index (χ1) is 14.4. The number of Topliss-reactive ketones (excluding diaryl/α,β-unsaturated/α-hetero) is 1. The Kier molecular flexibility index (Phi) is 5.94. The molecule has 0 aromatic heterocycles. The summed E-state index contributed by atoms with van der Waals surface area (Å²) in [4.78, 5) is 38.1. The number of nitrogens with zero attached hydrogens (tertiary/aromatic N) is 1. The molecule has 4 rings (SSSR count). The molecule has 2 fully saturated rings. The number of amides is 2. The van der Waals surface area contributed by atoms with Gasteiger partial charge in [0.25, 0.3) is 5.91 Å². The van der Waals surface area contributed by atoms with Crippen LogP contribution >= 0.6 is 0 Å². The highest BCUT2D eigenvalue weighted by atomic mass is 16.5. The van der Waals surface area contributed by atoms with Gasteiger partial charge in [0.15, 0.2) is 12.4 Å². The van der Waals surface area contributed by atoms with Crippen molar-refractivity contribution < 1.29 is 28.6 Å². The molecule has 3 aliphatic heterocycles. The molecule has 1 atom stereocenters. The van der Waals surface area contributed by atoms with E-state index in [9.17, 15) is 14.4 Å². The fourth-order valence-corrected chi connectivity index (χ4v) is 4.31. The van der Waals surface area contributed by atoms with Crippen LogP contribution in [0.15, 0.2) is 18.2 Å². The van der Waals surface area contributed by atoms with Crippen molar-refractivity contribution in [2.24, 2.45) is 0 Å². The van der Waals surface area contributed by atoms with Gasteiger partial charge in [-0.1, -0.05) is 0 Å². The second-order valence-corrected chi connectivity index (χ2v) is 8.28. The van der Waals surface area contributed by atoms with E-state index in [0.717, 1.165) is 19.4 Å². The van der Waals surface area contributed by atoms with Gasteiger partial charge in [-0.2, -0.15) is 0 Å². The van der Waals surface area contributed by atoms with Crippen LogP contribution in [0.2, 0.25) is 0 Å². The number of fused-ring (bicyclic) bond motifs is 1. The summed E-state index contributed by atoms with van der Waals surface area (Å²) in [7, 11) is 0. The zero-order valence-corrected chi connectivity index (χ0v) is 17.3. The summed E-state index contributed by atoms with van der Waals surface area (Å²) in [5, 5.41) is 2.82. The predicted octanol–water partition coefficient (Wildman–Crippen LogP) is 1.71. The van der Waals surface area contributed by atoms with Crippen LogP contribution in [0.3, 0.4) is 0 Å². The minimum Gasteiger partial charge on any atom is -0.486 e. The Labute approximate surface area is 175 Å². The Morgan fingerprint density at radius 3 is 2.80 bits per heavy atom. The molecule has 2 saturated heterocycles. The first-order valence-corrected chi connectivity index (χ1v) is 10.6. The van der Waals surface area contributed by atoms with Crippen molar-refractivity contribution in [3.05, 3.63) is 23.8 Å². The van der Waals surface area contributed by atoms with Gasteiger partial charge in [-0.15, -0.1) is 0 Å². The summed E-state index contributed by atoms with van der Waals surface area (Å²) in [5.41, 5.74) is -0.0438. The van der Waals surface area contributed by atoms with Crippen LogP contribution in [-0.4, -0.2) is 67.1 Å². The van der Waals surface area contributed by atoms with E-state index in [-0.39, 0.29) is 30.3 Å². The number of hydrogen-bond donors (Lipinski definition) is 1. The molecule has 0 saturated carbocycles. The standard InChI is InChI=1S/C22H28N2O6/c1-15(25)24-8-6-22(7-9-24)12-19(26)18-5-4-16(11-20(18)30-22)29-14-21(27)23-13-17-3-2-10-28-17/h4-5,11,17H,2-3,6-10,12-14H2,1H3,(H,23,27). The third kappa shape index (κ3) is 4.59. The van der Waals surface area contributed by atoms with E-state index in [0.29, 0.717) is 56.0 Å². The predicted molar refractivity (Wildman–Crippen MR) is 108 cm³/mol. The molecule has 1 aromatic carbocycles. The molecule has 1 N–H and O–H groups in total. The Bertz CT molecular complexity index is 825. The van der Waals surface area contributed by atoms with E-state index in [2.05, 4.69) is 5.32 Å². The molecule has 1 aromatic rings. The normalized spacial score (nSPS) is 22.4. The van der Waals surface area contributed by atoms with Crippen molar-refractivity contribution in [3.63, 3.8) is 0 Å². The number of rotatable bonds is 5. The summed E-state index contributed by atoms with van der Waals surface area (Å²) >= 11 is 0. The average molecular weight is 416 g/mol. The summed E-state index contributed by atoms with van der Waals surface area (Å²) in [6, 6.07) is 5.05. The van der Waals surface area contributed by atoms with Crippen molar-refractivity contribution in [2.75, 3.05) is 32.8 Å². The number of ketones is 1.